The predicted molar refractivity (Wildman–Crippen MR) is 72.4 cm³/mol. The standard InChI is InChI=1S/C12H20N4S/c1-3-10-7-14-11(17-10)8-16-12(13-2)15-6-9-4-5-9/h7,9H,3-6,8H2,1-2H3,(H2,13,15,16). The minimum atomic E-state index is 0.759. The van der Waals surface area contributed by atoms with E-state index in [1.54, 1.807) is 11.3 Å². The predicted octanol–water partition coefficient (Wildman–Crippen LogP) is 1.78. The highest BCUT2D eigenvalue weighted by Crippen LogP contribution is 2.27. The molecule has 94 valence electrons. The maximum atomic E-state index is 4.37. The Labute approximate surface area is 107 Å². The van der Waals surface area contributed by atoms with Gasteiger partial charge >= 0.3 is 0 Å². The van der Waals surface area contributed by atoms with E-state index in [1.165, 1.54) is 17.7 Å². The summed E-state index contributed by atoms with van der Waals surface area (Å²) in [5, 5.41) is 7.75. The highest BCUT2D eigenvalue weighted by atomic mass is 32.1. The Morgan fingerprint density at radius 1 is 1.53 bits per heavy atom. The summed E-state index contributed by atoms with van der Waals surface area (Å²) in [6.45, 7) is 3.95. The Bertz CT molecular complexity index is 382. The van der Waals surface area contributed by atoms with E-state index in [0.717, 1.165) is 36.4 Å². The zero-order valence-electron chi connectivity index (χ0n) is 10.5. The van der Waals surface area contributed by atoms with E-state index in [2.05, 4.69) is 27.5 Å². The van der Waals surface area contributed by atoms with Crippen molar-refractivity contribution >= 4 is 17.3 Å². The molecule has 1 aromatic rings. The Morgan fingerprint density at radius 2 is 2.35 bits per heavy atom. The third kappa shape index (κ3) is 4.00. The zero-order chi connectivity index (χ0) is 12.1. The fourth-order valence-electron chi connectivity index (χ4n) is 1.54. The molecule has 1 fully saturated rings. The van der Waals surface area contributed by atoms with Gasteiger partial charge in [-0.1, -0.05) is 6.92 Å². The van der Waals surface area contributed by atoms with Crippen LogP contribution in [0.5, 0.6) is 0 Å². The third-order valence-corrected chi connectivity index (χ3v) is 3.98. The van der Waals surface area contributed by atoms with Crippen molar-refractivity contribution in [3.8, 4) is 0 Å². The Morgan fingerprint density at radius 3 is 2.94 bits per heavy atom. The molecule has 0 saturated heterocycles. The number of aryl methyl sites for hydroxylation is 1. The number of nitrogens with zero attached hydrogens (tertiary/aromatic N) is 2. The van der Waals surface area contributed by atoms with Gasteiger partial charge in [0.2, 0.25) is 0 Å². The largest absolute Gasteiger partial charge is 0.356 e. The molecule has 4 nitrogen and oxygen atoms in total. The summed E-state index contributed by atoms with van der Waals surface area (Å²) in [4.78, 5) is 9.91. The van der Waals surface area contributed by atoms with Gasteiger partial charge in [-0.3, -0.25) is 4.99 Å². The van der Waals surface area contributed by atoms with Gasteiger partial charge < -0.3 is 10.6 Å². The molecule has 2 N–H and O–H groups in total. The molecule has 0 spiro atoms. The van der Waals surface area contributed by atoms with Crippen molar-refractivity contribution < 1.29 is 0 Å². The summed E-state index contributed by atoms with van der Waals surface area (Å²) in [5.74, 6) is 1.74. The topological polar surface area (TPSA) is 49.3 Å². The first-order valence-electron chi connectivity index (χ1n) is 6.20. The molecule has 1 saturated carbocycles. The number of thiazole rings is 1. The molecule has 5 heteroatoms. The Hall–Kier alpha value is -1.10. The molecular formula is C12H20N4S. The number of hydrogen-bond acceptors (Lipinski definition) is 3. The van der Waals surface area contributed by atoms with Crippen LogP contribution in [0.15, 0.2) is 11.2 Å². The van der Waals surface area contributed by atoms with Crippen molar-refractivity contribution in [2.75, 3.05) is 13.6 Å². The van der Waals surface area contributed by atoms with Crippen LogP contribution in [0.4, 0.5) is 0 Å². The van der Waals surface area contributed by atoms with Gasteiger partial charge in [0.05, 0.1) is 6.54 Å². The van der Waals surface area contributed by atoms with Crippen molar-refractivity contribution in [3.05, 3.63) is 16.1 Å². The molecule has 0 unspecified atom stereocenters. The molecule has 0 aliphatic heterocycles. The Kier molecular flexibility index (Phi) is 4.36. The molecular weight excluding hydrogens is 232 g/mol. The van der Waals surface area contributed by atoms with E-state index in [-0.39, 0.29) is 0 Å². The number of guanidine groups is 1. The molecule has 0 bridgehead atoms. The van der Waals surface area contributed by atoms with Crippen LogP contribution < -0.4 is 10.6 Å². The smallest absolute Gasteiger partial charge is 0.191 e. The number of aromatic nitrogens is 1. The van der Waals surface area contributed by atoms with E-state index in [9.17, 15) is 0 Å². The summed E-state index contributed by atoms with van der Waals surface area (Å²) < 4.78 is 0. The molecule has 1 aliphatic carbocycles. The molecule has 0 aromatic carbocycles. The second kappa shape index (κ2) is 6.00. The van der Waals surface area contributed by atoms with Crippen LogP contribution in [0.2, 0.25) is 0 Å². The zero-order valence-corrected chi connectivity index (χ0v) is 11.3. The maximum Gasteiger partial charge on any atom is 0.191 e. The lowest BCUT2D eigenvalue weighted by molar-refractivity contribution is 0.736. The summed E-state index contributed by atoms with van der Waals surface area (Å²) in [5.41, 5.74) is 0. The molecule has 1 aliphatic rings. The van der Waals surface area contributed by atoms with E-state index in [0.29, 0.717) is 0 Å². The van der Waals surface area contributed by atoms with Gasteiger partial charge in [0, 0.05) is 24.7 Å². The monoisotopic (exact) mass is 252 g/mol. The van der Waals surface area contributed by atoms with Crippen LogP contribution in [0.3, 0.4) is 0 Å². The van der Waals surface area contributed by atoms with E-state index in [1.807, 2.05) is 13.2 Å². The highest BCUT2D eigenvalue weighted by Gasteiger charge is 2.21. The number of aliphatic imine (C=N–C) groups is 1. The van der Waals surface area contributed by atoms with E-state index in [4.69, 9.17) is 0 Å². The quantitative estimate of drug-likeness (QED) is 0.620. The highest BCUT2D eigenvalue weighted by molar-refractivity contribution is 7.11. The fraction of sp³-hybridized carbons (Fsp3) is 0.667. The average Bonchev–Trinajstić information content (AvgIpc) is 3.07. The van der Waals surface area contributed by atoms with Gasteiger partial charge in [0.25, 0.3) is 0 Å². The van der Waals surface area contributed by atoms with Crippen LogP contribution in [0.1, 0.15) is 29.7 Å². The SMILES string of the molecule is CCc1cnc(CNC(=NC)NCC2CC2)s1. The molecule has 17 heavy (non-hydrogen) atoms. The van der Waals surface area contributed by atoms with Crippen molar-refractivity contribution in [3.63, 3.8) is 0 Å². The normalized spacial score (nSPS) is 16.0. The lowest BCUT2D eigenvalue weighted by Gasteiger charge is -2.09. The van der Waals surface area contributed by atoms with Crippen LogP contribution in [0.25, 0.3) is 0 Å². The van der Waals surface area contributed by atoms with Gasteiger partial charge in [0.1, 0.15) is 5.01 Å². The van der Waals surface area contributed by atoms with E-state index < -0.39 is 0 Å². The minimum absolute atomic E-state index is 0.759. The second-order valence-electron chi connectivity index (χ2n) is 4.32. The lowest BCUT2D eigenvalue weighted by atomic mass is 10.4. The van der Waals surface area contributed by atoms with Crippen LogP contribution in [-0.2, 0) is 13.0 Å². The molecule has 1 aromatic heterocycles. The first-order chi connectivity index (χ1) is 8.31. The second-order valence-corrected chi connectivity index (χ2v) is 5.52. The van der Waals surface area contributed by atoms with Crippen molar-refractivity contribution in [1.29, 1.82) is 0 Å². The average molecular weight is 252 g/mol. The van der Waals surface area contributed by atoms with Crippen LogP contribution >= 0.6 is 11.3 Å². The Balaban J connectivity index is 1.74. The van der Waals surface area contributed by atoms with E-state index >= 15 is 0 Å². The van der Waals surface area contributed by atoms with Gasteiger partial charge in [-0.25, -0.2) is 4.98 Å². The first kappa shape index (κ1) is 12.4. The van der Waals surface area contributed by atoms with Crippen LogP contribution in [-0.4, -0.2) is 24.5 Å². The molecule has 1 heterocycles. The van der Waals surface area contributed by atoms with Gasteiger partial charge in [0.15, 0.2) is 5.96 Å². The first-order valence-corrected chi connectivity index (χ1v) is 7.01. The van der Waals surface area contributed by atoms with Crippen molar-refractivity contribution in [1.82, 2.24) is 15.6 Å². The summed E-state index contributed by atoms with van der Waals surface area (Å²) in [7, 11) is 1.81. The third-order valence-electron chi connectivity index (χ3n) is 2.84. The van der Waals surface area contributed by atoms with Crippen molar-refractivity contribution in [2.24, 2.45) is 10.9 Å². The lowest BCUT2D eigenvalue weighted by Crippen LogP contribution is -2.37. The summed E-state index contributed by atoms with van der Waals surface area (Å²) in [6.07, 6.45) is 5.74. The van der Waals surface area contributed by atoms with Crippen molar-refractivity contribution in [2.45, 2.75) is 32.7 Å². The number of nitrogens with one attached hydrogen (secondary N) is 2. The number of rotatable bonds is 5. The maximum absolute atomic E-state index is 4.37. The van der Waals surface area contributed by atoms with Gasteiger partial charge in [-0.05, 0) is 25.2 Å². The van der Waals surface area contributed by atoms with Gasteiger partial charge in [-0.2, -0.15) is 0 Å². The van der Waals surface area contributed by atoms with Crippen LogP contribution in [0, 0.1) is 5.92 Å². The molecule has 0 radical (unpaired) electrons. The summed E-state index contributed by atoms with van der Waals surface area (Å²) >= 11 is 1.77. The minimum Gasteiger partial charge on any atom is -0.356 e. The molecule has 2 rings (SSSR count). The summed E-state index contributed by atoms with van der Waals surface area (Å²) in [6, 6.07) is 0. The fourth-order valence-corrected chi connectivity index (χ4v) is 2.34. The number of hydrogen-bond donors (Lipinski definition) is 2. The molecule has 0 atom stereocenters. The molecule has 0 amide bonds. The van der Waals surface area contributed by atoms with Gasteiger partial charge in [-0.15, -0.1) is 11.3 Å².